The minimum atomic E-state index is -0.287. The number of benzene rings is 1. The van der Waals surface area contributed by atoms with Crippen LogP contribution in [0.1, 0.15) is 16.1 Å². The molecule has 0 bridgehead atoms. The highest BCUT2D eigenvalue weighted by atomic mass is 32.1. The van der Waals surface area contributed by atoms with E-state index in [-0.39, 0.29) is 11.8 Å². The van der Waals surface area contributed by atoms with Gasteiger partial charge in [0.2, 0.25) is 0 Å². The highest BCUT2D eigenvalue weighted by Gasteiger charge is 2.11. The second-order valence-electron chi connectivity index (χ2n) is 5.17. The minimum Gasteiger partial charge on any atom is -0.334 e. The first-order valence-electron chi connectivity index (χ1n) is 7.38. The van der Waals surface area contributed by atoms with E-state index in [2.05, 4.69) is 15.6 Å². The number of carbonyl (C=O) groups excluding carboxylic acids is 1. The van der Waals surface area contributed by atoms with Gasteiger partial charge >= 0.3 is 6.03 Å². The summed E-state index contributed by atoms with van der Waals surface area (Å²) in [6, 6.07) is 9.83. The van der Waals surface area contributed by atoms with Crippen LogP contribution in [-0.2, 0) is 13.1 Å². The number of aryl methyl sites for hydroxylation is 1. The Morgan fingerprint density at radius 2 is 1.92 bits per heavy atom. The van der Waals surface area contributed by atoms with Crippen molar-refractivity contribution in [2.75, 3.05) is 0 Å². The van der Waals surface area contributed by atoms with E-state index < -0.39 is 0 Å². The number of nitrogens with zero attached hydrogens (tertiary/aromatic N) is 1. The lowest BCUT2D eigenvalue weighted by atomic mass is 10.2. The van der Waals surface area contributed by atoms with E-state index in [9.17, 15) is 9.18 Å². The molecule has 3 rings (SSSR count). The molecule has 124 valence electrons. The van der Waals surface area contributed by atoms with E-state index in [1.165, 1.54) is 12.1 Å². The maximum Gasteiger partial charge on any atom is 0.315 e. The van der Waals surface area contributed by atoms with Crippen LogP contribution in [0, 0.1) is 12.7 Å². The lowest BCUT2D eigenvalue weighted by Gasteiger charge is -2.07. The van der Waals surface area contributed by atoms with Gasteiger partial charge in [0.05, 0.1) is 17.1 Å². The van der Waals surface area contributed by atoms with E-state index in [4.69, 9.17) is 0 Å². The predicted molar refractivity (Wildman–Crippen MR) is 95.6 cm³/mol. The molecule has 2 heterocycles. The van der Waals surface area contributed by atoms with Crippen LogP contribution in [-0.4, -0.2) is 11.0 Å². The third-order valence-corrected chi connectivity index (χ3v) is 5.60. The molecule has 0 unspecified atom stereocenters. The molecule has 3 aromatic rings. The van der Waals surface area contributed by atoms with Gasteiger partial charge in [0.1, 0.15) is 10.8 Å². The van der Waals surface area contributed by atoms with Crippen molar-refractivity contribution in [2.45, 2.75) is 20.0 Å². The Kier molecular flexibility index (Phi) is 5.22. The molecule has 0 aliphatic carbocycles. The Morgan fingerprint density at radius 3 is 2.62 bits per heavy atom. The van der Waals surface area contributed by atoms with Crippen molar-refractivity contribution in [3.8, 4) is 9.88 Å². The van der Waals surface area contributed by atoms with Crippen molar-refractivity contribution in [3.05, 3.63) is 63.7 Å². The van der Waals surface area contributed by atoms with Crippen molar-refractivity contribution >= 4 is 28.7 Å². The summed E-state index contributed by atoms with van der Waals surface area (Å²) < 4.78 is 12.8. The fourth-order valence-electron chi connectivity index (χ4n) is 2.11. The van der Waals surface area contributed by atoms with Crippen LogP contribution in [0.5, 0.6) is 0 Å². The van der Waals surface area contributed by atoms with E-state index in [1.54, 1.807) is 34.8 Å². The summed E-state index contributed by atoms with van der Waals surface area (Å²) in [6.45, 7) is 2.74. The highest BCUT2D eigenvalue weighted by Crippen LogP contribution is 2.30. The number of rotatable bonds is 5. The first kappa shape index (κ1) is 16.6. The Morgan fingerprint density at radius 1 is 1.17 bits per heavy atom. The number of thiophene rings is 1. The summed E-state index contributed by atoms with van der Waals surface area (Å²) in [4.78, 5) is 18.6. The molecular formula is C17H16FN3OS2. The summed E-state index contributed by atoms with van der Waals surface area (Å²) in [5, 5.41) is 8.58. The molecule has 0 aliphatic heterocycles. The van der Waals surface area contributed by atoms with Crippen molar-refractivity contribution in [1.29, 1.82) is 0 Å². The van der Waals surface area contributed by atoms with E-state index in [0.29, 0.717) is 13.1 Å². The topological polar surface area (TPSA) is 54.0 Å². The molecule has 2 amide bonds. The second-order valence-corrected chi connectivity index (χ2v) is 7.20. The zero-order valence-electron chi connectivity index (χ0n) is 13.0. The van der Waals surface area contributed by atoms with Crippen LogP contribution < -0.4 is 10.6 Å². The first-order valence-corrected chi connectivity index (χ1v) is 9.08. The summed E-state index contributed by atoms with van der Waals surface area (Å²) in [7, 11) is 0. The Bertz CT molecular complexity index is 813. The van der Waals surface area contributed by atoms with E-state index >= 15 is 0 Å². The Labute approximate surface area is 147 Å². The van der Waals surface area contributed by atoms with Crippen molar-refractivity contribution in [3.63, 3.8) is 0 Å². The van der Waals surface area contributed by atoms with E-state index in [1.807, 2.05) is 24.4 Å². The van der Waals surface area contributed by atoms with E-state index in [0.717, 1.165) is 26.0 Å². The normalized spacial score (nSPS) is 10.6. The number of carbonyl (C=O) groups is 1. The van der Waals surface area contributed by atoms with Gasteiger partial charge in [0.25, 0.3) is 0 Å². The number of hydrogen-bond donors (Lipinski definition) is 2. The fourth-order valence-corrected chi connectivity index (χ4v) is 3.90. The molecule has 0 fully saturated rings. The monoisotopic (exact) mass is 361 g/mol. The summed E-state index contributed by atoms with van der Waals surface area (Å²) in [5.41, 5.74) is 1.78. The first-order chi connectivity index (χ1) is 11.6. The number of amides is 2. The molecule has 4 nitrogen and oxygen atoms in total. The fraction of sp³-hybridized carbons (Fsp3) is 0.176. The molecule has 0 saturated heterocycles. The maximum atomic E-state index is 12.8. The van der Waals surface area contributed by atoms with Crippen LogP contribution in [0.4, 0.5) is 9.18 Å². The molecular weight excluding hydrogens is 345 g/mol. The zero-order chi connectivity index (χ0) is 16.9. The molecule has 0 aliphatic rings. The zero-order valence-corrected chi connectivity index (χ0v) is 14.6. The molecule has 24 heavy (non-hydrogen) atoms. The van der Waals surface area contributed by atoms with Gasteiger partial charge in [-0.25, -0.2) is 14.2 Å². The van der Waals surface area contributed by atoms with Gasteiger partial charge in [-0.2, -0.15) is 0 Å². The van der Waals surface area contributed by atoms with Gasteiger partial charge in [-0.15, -0.1) is 22.7 Å². The number of nitrogens with one attached hydrogen (secondary N) is 2. The summed E-state index contributed by atoms with van der Waals surface area (Å²) in [6.07, 6.45) is 0. The molecule has 0 saturated carbocycles. The average Bonchev–Trinajstić information content (AvgIpc) is 3.22. The highest BCUT2D eigenvalue weighted by molar-refractivity contribution is 7.21. The van der Waals surface area contributed by atoms with Crippen LogP contribution >= 0.6 is 22.7 Å². The van der Waals surface area contributed by atoms with Crippen molar-refractivity contribution in [1.82, 2.24) is 15.6 Å². The van der Waals surface area contributed by atoms with Crippen LogP contribution in [0.2, 0.25) is 0 Å². The molecule has 0 spiro atoms. The number of hydrogen-bond acceptors (Lipinski definition) is 4. The van der Waals surface area contributed by atoms with Crippen LogP contribution in [0.25, 0.3) is 9.88 Å². The van der Waals surface area contributed by atoms with Crippen LogP contribution in [0.3, 0.4) is 0 Å². The minimum absolute atomic E-state index is 0.259. The number of thiazole rings is 1. The number of halogens is 1. The summed E-state index contributed by atoms with van der Waals surface area (Å²) in [5.74, 6) is -0.287. The smallest absolute Gasteiger partial charge is 0.315 e. The van der Waals surface area contributed by atoms with Gasteiger partial charge < -0.3 is 10.6 Å². The van der Waals surface area contributed by atoms with Gasteiger partial charge in [0.15, 0.2) is 0 Å². The largest absolute Gasteiger partial charge is 0.334 e. The molecule has 0 atom stereocenters. The molecule has 0 radical (unpaired) electrons. The van der Waals surface area contributed by atoms with Crippen molar-refractivity contribution in [2.24, 2.45) is 0 Å². The predicted octanol–water partition coefficient (Wildman–Crippen LogP) is 4.32. The lowest BCUT2D eigenvalue weighted by Crippen LogP contribution is -2.34. The standard InChI is InChI=1S/C17H16FN3OS2/c1-11-15(24-16(21-11)14-3-2-8-23-14)10-20-17(22)19-9-12-4-6-13(18)7-5-12/h2-8H,9-10H2,1H3,(H2,19,20,22). The second kappa shape index (κ2) is 7.55. The number of urea groups is 1. The SMILES string of the molecule is Cc1nc(-c2cccs2)sc1CNC(=O)NCc1ccc(F)cc1. The lowest BCUT2D eigenvalue weighted by molar-refractivity contribution is 0.240. The average molecular weight is 361 g/mol. The molecule has 2 aromatic heterocycles. The van der Waals surface area contributed by atoms with Gasteiger partial charge in [0, 0.05) is 11.4 Å². The Balaban J connectivity index is 1.52. The number of aromatic nitrogens is 1. The third kappa shape index (κ3) is 4.18. The quantitative estimate of drug-likeness (QED) is 0.711. The third-order valence-electron chi connectivity index (χ3n) is 3.40. The molecule has 7 heteroatoms. The van der Waals surface area contributed by atoms with Gasteiger partial charge in [-0.1, -0.05) is 18.2 Å². The van der Waals surface area contributed by atoms with Gasteiger partial charge in [-0.3, -0.25) is 0 Å². The molecule has 2 N–H and O–H groups in total. The maximum absolute atomic E-state index is 12.8. The van der Waals surface area contributed by atoms with Gasteiger partial charge in [-0.05, 0) is 36.1 Å². The molecule has 1 aromatic carbocycles. The summed E-state index contributed by atoms with van der Waals surface area (Å²) >= 11 is 3.24. The van der Waals surface area contributed by atoms with Crippen LogP contribution in [0.15, 0.2) is 41.8 Å². The van der Waals surface area contributed by atoms with Crippen molar-refractivity contribution < 1.29 is 9.18 Å². The Hall–Kier alpha value is -2.25.